The Morgan fingerprint density at radius 3 is 2.50 bits per heavy atom. The summed E-state index contributed by atoms with van der Waals surface area (Å²) in [6.45, 7) is 3.53. The fourth-order valence-electron chi connectivity index (χ4n) is 3.80. The molecule has 1 N–H and O–H groups in total. The van der Waals surface area contributed by atoms with Crippen molar-refractivity contribution in [1.29, 1.82) is 0 Å². The quantitative estimate of drug-likeness (QED) is 0.803. The average molecular weight is 349 g/mol. The van der Waals surface area contributed by atoms with Crippen LogP contribution in [0.1, 0.15) is 23.2 Å². The van der Waals surface area contributed by atoms with Crippen molar-refractivity contribution in [3.8, 4) is 0 Å². The molecule has 2 aliphatic heterocycles. The monoisotopic (exact) mass is 348 g/mol. The van der Waals surface area contributed by atoms with Crippen LogP contribution in [0.25, 0.3) is 11.0 Å². The van der Waals surface area contributed by atoms with Crippen molar-refractivity contribution in [3.63, 3.8) is 0 Å². The van der Waals surface area contributed by atoms with Crippen LogP contribution in [0.5, 0.6) is 0 Å². The van der Waals surface area contributed by atoms with E-state index in [0.717, 1.165) is 31.3 Å². The lowest BCUT2D eigenvalue weighted by Gasteiger charge is -2.20. The highest BCUT2D eigenvalue weighted by Crippen LogP contribution is 2.27. The summed E-state index contributed by atoms with van der Waals surface area (Å²) in [4.78, 5) is 26.8. The Hall–Kier alpha value is -1.85. The van der Waals surface area contributed by atoms with Gasteiger partial charge in [-0.3, -0.25) is 4.79 Å². The molecule has 1 amide bonds. The van der Waals surface area contributed by atoms with Gasteiger partial charge in [-0.15, -0.1) is 12.4 Å². The summed E-state index contributed by atoms with van der Waals surface area (Å²) in [5.41, 5.74) is 0.124. The molecule has 6 heteroatoms. The molecule has 5 nitrogen and oxygen atoms in total. The van der Waals surface area contributed by atoms with Gasteiger partial charge in [0.1, 0.15) is 11.1 Å². The predicted octanol–water partition coefficient (Wildman–Crippen LogP) is 2.29. The first-order chi connectivity index (χ1) is 11.2. The van der Waals surface area contributed by atoms with E-state index >= 15 is 0 Å². The van der Waals surface area contributed by atoms with Crippen LogP contribution in [-0.4, -0.2) is 37.0 Å². The van der Waals surface area contributed by atoms with Gasteiger partial charge >= 0.3 is 5.63 Å². The second-order valence-electron chi connectivity index (χ2n) is 6.53. The maximum absolute atomic E-state index is 12.8. The number of hydrogen-bond donors (Lipinski definition) is 1. The summed E-state index contributed by atoms with van der Waals surface area (Å²) in [6, 6.07) is 8.94. The van der Waals surface area contributed by atoms with E-state index in [1.165, 1.54) is 0 Å². The molecule has 2 saturated heterocycles. The minimum absolute atomic E-state index is 0. The summed E-state index contributed by atoms with van der Waals surface area (Å²) in [7, 11) is 0. The van der Waals surface area contributed by atoms with E-state index in [0.29, 0.717) is 30.5 Å². The molecule has 0 aliphatic carbocycles. The minimum Gasteiger partial charge on any atom is -0.422 e. The summed E-state index contributed by atoms with van der Waals surface area (Å²) in [5, 5.41) is 4.21. The summed E-state index contributed by atoms with van der Waals surface area (Å²) < 4.78 is 5.30. The maximum atomic E-state index is 12.8. The van der Waals surface area contributed by atoms with Crippen molar-refractivity contribution in [2.24, 2.45) is 11.8 Å². The molecule has 1 aromatic carbocycles. The predicted molar refractivity (Wildman–Crippen MR) is 94.7 cm³/mol. The van der Waals surface area contributed by atoms with Crippen molar-refractivity contribution in [2.45, 2.75) is 12.8 Å². The highest BCUT2D eigenvalue weighted by molar-refractivity contribution is 5.96. The number of nitrogens with one attached hydrogen (secondary N) is 1. The number of para-hydroxylation sites is 1. The van der Waals surface area contributed by atoms with Gasteiger partial charge < -0.3 is 14.6 Å². The average Bonchev–Trinajstić information content (AvgIpc) is 2.92. The standard InChI is InChI=1S/C18H20N2O3.ClH/c21-17(20-7-5-13-10-19-11-14(13)6-8-20)15-9-12-3-1-2-4-16(12)23-18(15)22;/h1-4,9,13-14,19H,5-8,10-11H2;1H/t13-,14+;. The number of fused-ring (bicyclic) bond motifs is 2. The zero-order chi connectivity index (χ0) is 15.8. The van der Waals surface area contributed by atoms with Crippen LogP contribution in [0.15, 0.2) is 39.5 Å². The van der Waals surface area contributed by atoms with Crippen LogP contribution in [0.2, 0.25) is 0 Å². The van der Waals surface area contributed by atoms with Crippen LogP contribution < -0.4 is 10.9 Å². The number of amides is 1. The van der Waals surface area contributed by atoms with E-state index in [2.05, 4.69) is 5.32 Å². The van der Waals surface area contributed by atoms with Gasteiger partial charge in [0, 0.05) is 18.5 Å². The molecule has 128 valence electrons. The molecule has 2 aliphatic rings. The van der Waals surface area contributed by atoms with Gasteiger partial charge in [-0.25, -0.2) is 4.79 Å². The fraction of sp³-hybridized carbons (Fsp3) is 0.444. The van der Waals surface area contributed by atoms with E-state index in [1.807, 2.05) is 23.1 Å². The van der Waals surface area contributed by atoms with Crippen LogP contribution in [0.3, 0.4) is 0 Å². The SMILES string of the molecule is Cl.O=C(c1cc2ccccc2oc1=O)N1CC[C@@H]2CNC[C@@H]2CC1. The molecule has 3 heterocycles. The summed E-state index contributed by atoms with van der Waals surface area (Å²) >= 11 is 0. The zero-order valence-electron chi connectivity index (χ0n) is 13.4. The Labute approximate surface area is 146 Å². The Kier molecular flexibility index (Phi) is 4.92. The van der Waals surface area contributed by atoms with Gasteiger partial charge in [0.2, 0.25) is 0 Å². The molecule has 0 spiro atoms. The van der Waals surface area contributed by atoms with Crippen LogP contribution in [-0.2, 0) is 0 Å². The van der Waals surface area contributed by atoms with Crippen molar-refractivity contribution >= 4 is 29.3 Å². The molecule has 24 heavy (non-hydrogen) atoms. The molecular formula is C18H21ClN2O3. The second-order valence-corrected chi connectivity index (χ2v) is 6.53. The zero-order valence-corrected chi connectivity index (χ0v) is 14.2. The van der Waals surface area contributed by atoms with Gasteiger partial charge in [0.15, 0.2) is 0 Å². The molecule has 1 aromatic heterocycles. The van der Waals surface area contributed by atoms with Crippen LogP contribution >= 0.6 is 12.4 Å². The largest absolute Gasteiger partial charge is 0.422 e. The van der Waals surface area contributed by atoms with Gasteiger partial charge in [-0.05, 0) is 49.9 Å². The third-order valence-electron chi connectivity index (χ3n) is 5.18. The fourth-order valence-corrected chi connectivity index (χ4v) is 3.80. The Bertz CT molecular complexity index is 790. The van der Waals surface area contributed by atoms with Crippen LogP contribution in [0.4, 0.5) is 0 Å². The highest BCUT2D eigenvalue weighted by atomic mass is 35.5. The lowest BCUT2D eigenvalue weighted by molar-refractivity contribution is 0.0754. The molecule has 0 bridgehead atoms. The number of benzene rings is 1. The van der Waals surface area contributed by atoms with Crippen LogP contribution in [0, 0.1) is 11.8 Å². The molecule has 0 unspecified atom stereocenters. The van der Waals surface area contributed by atoms with Crippen molar-refractivity contribution in [1.82, 2.24) is 10.2 Å². The Morgan fingerprint density at radius 1 is 1.12 bits per heavy atom. The van der Waals surface area contributed by atoms with Crippen molar-refractivity contribution in [2.75, 3.05) is 26.2 Å². The first-order valence-corrected chi connectivity index (χ1v) is 8.25. The molecule has 0 radical (unpaired) electrons. The number of carbonyl (C=O) groups excluding carboxylic acids is 1. The van der Waals surface area contributed by atoms with E-state index in [1.54, 1.807) is 12.1 Å². The highest BCUT2D eigenvalue weighted by Gasteiger charge is 2.32. The second kappa shape index (κ2) is 6.95. The first kappa shape index (κ1) is 17.0. The maximum Gasteiger partial charge on any atom is 0.349 e. The lowest BCUT2D eigenvalue weighted by Crippen LogP contribution is -2.35. The molecule has 2 atom stereocenters. The van der Waals surface area contributed by atoms with E-state index < -0.39 is 5.63 Å². The van der Waals surface area contributed by atoms with Gasteiger partial charge in [0.05, 0.1) is 0 Å². The molecule has 2 aromatic rings. The smallest absolute Gasteiger partial charge is 0.349 e. The molecule has 0 saturated carbocycles. The summed E-state index contributed by atoms with van der Waals surface area (Å²) in [6.07, 6.45) is 2.00. The number of likely N-dealkylation sites (tertiary alicyclic amines) is 1. The number of halogens is 1. The third kappa shape index (κ3) is 3.06. The number of carbonyl (C=O) groups is 1. The van der Waals surface area contributed by atoms with Gasteiger partial charge in [-0.2, -0.15) is 0 Å². The van der Waals surface area contributed by atoms with Gasteiger partial charge in [0.25, 0.3) is 5.91 Å². The summed E-state index contributed by atoms with van der Waals surface area (Å²) in [5.74, 6) is 1.11. The van der Waals surface area contributed by atoms with Crippen molar-refractivity contribution in [3.05, 3.63) is 46.3 Å². The Morgan fingerprint density at radius 2 is 1.79 bits per heavy atom. The minimum atomic E-state index is -0.542. The van der Waals surface area contributed by atoms with E-state index in [9.17, 15) is 9.59 Å². The number of hydrogen-bond acceptors (Lipinski definition) is 4. The number of nitrogens with zero attached hydrogens (tertiary/aromatic N) is 1. The molecular weight excluding hydrogens is 328 g/mol. The molecule has 2 fully saturated rings. The van der Waals surface area contributed by atoms with E-state index in [4.69, 9.17) is 4.42 Å². The molecule has 4 rings (SSSR count). The normalized spacial score (nSPS) is 23.4. The van der Waals surface area contributed by atoms with E-state index in [-0.39, 0.29) is 23.9 Å². The topological polar surface area (TPSA) is 62.6 Å². The van der Waals surface area contributed by atoms with Crippen molar-refractivity contribution < 1.29 is 9.21 Å². The number of rotatable bonds is 1. The lowest BCUT2D eigenvalue weighted by atomic mass is 9.92. The van der Waals surface area contributed by atoms with Gasteiger partial charge in [-0.1, -0.05) is 18.2 Å². The Balaban J connectivity index is 0.00000169. The third-order valence-corrected chi connectivity index (χ3v) is 5.18. The first-order valence-electron chi connectivity index (χ1n) is 8.25.